The van der Waals surface area contributed by atoms with Crippen LogP contribution in [0.25, 0.3) is 0 Å². The van der Waals surface area contributed by atoms with E-state index in [1.807, 2.05) is 18.3 Å². The maximum absolute atomic E-state index is 3.48. The highest BCUT2D eigenvalue weighted by Crippen LogP contribution is 2.23. The Morgan fingerprint density at radius 2 is 2.27 bits per heavy atom. The van der Waals surface area contributed by atoms with Gasteiger partial charge < -0.3 is 5.32 Å². The van der Waals surface area contributed by atoms with E-state index in [-0.39, 0.29) is 0 Å². The molecule has 1 nitrogen and oxygen atoms in total. The molecule has 1 aromatic heterocycles. The summed E-state index contributed by atoms with van der Waals surface area (Å²) in [5.41, 5.74) is 0. The Morgan fingerprint density at radius 1 is 1.47 bits per heavy atom. The van der Waals surface area contributed by atoms with Crippen LogP contribution in [0.2, 0.25) is 0 Å². The fourth-order valence-corrected chi connectivity index (χ4v) is 2.37. The molecule has 82 valence electrons. The van der Waals surface area contributed by atoms with Crippen molar-refractivity contribution in [2.75, 3.05) is 6.54 Å². The van der Waals surface area contributed by atoms with Crippen molar-refractivity contribution in [2.45, 2.75) is 39.7 Å². The lowest BCUT2D eigenvalue weighted by Gasteiger charge is -2.10. The largest absolute Gasteiger partial charge is 0.309 e. The molecule has 0 amide bonds. The molecule has 1 unspecified atom stereocenters. The molecule has 0 bridgehead atoms. The predicted molar refractivity (Wildman–Crippen MR) is 68.2 cm³/mol. The van der Waals surface area contributed by atoms with Crippen LogP contribution in [0.3, 0.4) is 0 Å². The summed E-state index contributed by atoms with van der Waals surface area (Å²) in [7, 11) is 0. The van der Waals surface area contributed by atoms with Crippen LogP contribution in [0.4, 0.5) is 0 Å². The number of hydrogen-bond donors (Lipinski definition) is 1. The van der Waals surface area contributed by atoms with Gasteiger partial charge in [0.1, 0.15) is 0 Å². The fourth-order valence-electron chi connectivity index (χ4n) is 1.39. The first kappa shape index (κ1) is 12.3. The summed E-state index contributed by atoms with van der Waals surface area (Å²) in [4.78, 5) is 2.89. The van der Waals surface area contributed by atoms with Crippen molar-refractivity contribution < 1.29 is 0 Å². The molecule has 1 N–H and O–H groups in total. The van der Waals surface area contributed by atoms with Gasteiger partial charge in [0, 0.05) is 28.8 Å². The van der Waals surface area contributed by atoms with Crippen LogP contribution in [-0.2, 0) is 6.42 Å². The molecular formula is C13H19NS. The average molecular weight is 221 g/mol. The highest BCUT2D eigenvalue weighted by Gasteiger charge is 2.06. The van der Waals surface area contributed by atoms with Gasteiger partial charge >= 0.3 is 0 Å². The molecule has 0 saturated carbocycles. The molecule has 0 saturated heterocycles. The molecule has 1 rings (SSSR count). The van der Waals surface area contributed by atoms with E-state index >= 15 is 0 Å². The van der Waals surface area contributed by atoms with Crippen molar-refractivity contribution in [3.05, 3.63) is 21.9 Å². The third-order valence-electron chi connectivity index (χ3n) is 2.33. The van der Waals surface area contributed by atoms with Crippen LogP contribution in [0, 0.1) is 11.8 Å². The molecule has 0 fully saturated rings. The van der Waals surface area contributed by atoms with Gasteiger partial charge in [0.25, 0.3) is 0 Å². The van der Waals surface area contributed by atoms with Crippen LogP contribution in [0.5, 0.6) is 0 Å². The van der Waals surface area contributed by atoms with E-state index in [1.54, 1.807) is 0 Å². The molecule has 1 atom stereocenters. The van der Waals surface area contributed by atoms with Crippen molar-refractivity contribution in [3.8, 4) is 11.8 Å². The van der Waals surface area contributed by atoms with Crippen molar-refractivity contribution in [2.24, 2.45) is 0 Å². The molecule has 1 aromatic rings. The second-order valence-corrected chi connectivity index (χ2v) is 4.71. The van der Waals surface area contributed by atoms with Crippen molar-refractivity contribution in [3.63, 3.8) is 0 Å². The van der Waals surface area contributed by atoms with E-state index in [0.29, 0.717) is 6.04 Å². The van der Waals surface area contributed by atoms with E-state index in [2.05, 4.69) is 43.1 Å². The lowest BCUT2D eigenvalue weighted by atomic mass is 10.2. The van der Waals surface area contributed by atoms with Crippen molar-refractivity contribution in [1.82, 2.24) is 5.32 Å². The fraction of sp³-hybridized carbons (Fsp3) is 0.538. The van der Waals surface area contributed by atoms with Crippen LogP contribution in [0.1, 0.15) is 43.0 Å². The number of nitrogens with one attached hydrogen (secondary N) is 1. The monoisotopic (exact) mass is 221 g/mol. The SMILES string of the molecule is CC#CCCNC(C)c1ccc(CC)s1. The van der Waals surface area contributed by atoms with E-state index in [0.717, 1.165) is 19.4 Å². The maximum Gasteiger partial charge on any atom is 0.0386 e. The van der Waals surface area contributed by atoms with Crippen LogP contribution >= 0.6 is 11.3 Å². The van der Waals surface area contributed by atoms with Crippen LogP contribution in [0.15, 0.2) is 12.1 Å². The first-order valence-electron chi connectivity index (χ1n) is 5.49. The summed E-state index contributed by atoms with van der Waals surface area (Å²) >= 11 is 1.91. The summed E-state index contributed by atoms with van der Waals surface area (Å²) < 4.78 is 0. The van der Waals surface area contributed by atoms with Gasteiger partial charge in [-0.2, -0.15) is 0 Å². The zero-order chi connectivity index (χ0) is 11.1. The van der Waals surface area contributed by atoms with Crippen LogP contribution < -0.4 is 5.32 Å². The summed E-state index contributed by atoms with van der Waals surface area (Å²) in [6.45, 7) is 7.27. The minimum atomic E-state index is 0.453. The van der Waals surface area contributed by atoms with Gasteiger partial charge in [-0.25, -0.2) is 0 Å². The smallest absolute Gasteiger partial charge is 0.0386 e. The van der Waals surface area contributed by atoms with Gasteiger partial charge in [0.15, 0.2) is 0 Å². The molecule has 0 aliphatic rings. The second kappa shape index (κ2) is 6.66. The third-order valence-corrected chi connectivity index (χ3v) is 3.75. The minimum absolute atomic E-state index is 0.453. The van der Waals surface area contributed by atoms with Gasteiger partial charge in [-0.05, 0) is 32.4 Å². The summed E-state index contributed by atoms with van der Waals surface area (Å²) in [5, 5.41) is 3.48. The van der Waals surface area contributed by atoms with Gasteiger partial charge in [0.2, 0.25) is 0 Å². The highest BCUT2D eigenvalue weighted by atomic mass is 32.1. The molecule has 0 aromatic carbocycles. The number of rotatable bonds is 5. The van der Waals surface area contributed by atoms with Crippen LogP contribution in [-0.4, -0.2) is 6.54 Å². The summed E-state index contributed by atoms with van der Waals surface area (Å²) in [5.74, 6) is 5.97. The Balaban J connectivity index is 2.38. The van der Waals surface area contributed by atoms with Crippen molar-refractivity contribution >= 4 is 11.3 Å². The van der Waals surface area contributed by atoms with E-state index in [9.17, 15) is 0 Å². The Labute approximate surface area is 96.9 Å². The Hall–Kier alpha value is -0.780. The number of hydrogen-bond acceptors (Lipinski definition) is 2. The van der Waals surface area contributed by atoms with E-state index < -0.39 is 0 Å². The van der Waals surface area contributed by atoms with E-state index in [4.69, 9.17) is 0 Å². The molecule has 15 heavy (non-hydrogen) atoms. The minimum Gasteiger partial charge on any atom is -0.309 e. The zero-order valence-electron chi connectivity index (χ0n) is 9.76. The summed E-state index contributed by atoms with van der Waals surface area (Å²) in [6, 6.07) is 4.91. The topological polar surface area (TPSA) is 12.0 Å². The summed E-state index contributed by atoms with van der Waals surface area (Å²) in [6.07, 6.45) is 2.07. The van der Waals surface area contributed by atoms with E-state index in [1.165, 1.54) is 9.75 Å². The van der Waals surface area contributed by atoms with Crippen molar-refractivity contribution in [1.29, 1.82) is 0 Å². The molecule has 2 heteroatoms. The molecule has 0 radical (unpaired) electrons. The van der Waals surface area contributed by atoms with Gasteiger partial charge in [-0.3, -0.25) is 0 Å². The normalized spacial score (nSPS) is 11.9. The van der Waals surface area contributed by atoms with Gasteiger partial charge in [-0.15, -0.1) is 23.2 Å². The highest BCUT2D eigenvalue weighted by molar-refractivity contribution is 7.12. The molecule has 0 aliphatic carbocycles. The Morgan fingerprint density at radius 3 is 2.87 bits per heavy atom. The quantitative estimate of drug-likeness (QED) is 0.594. The number of aryl methyl sites for hydroxylation is 1. The number of thiophene rings is 1. The third kappa shape index (κ3) is 4.07. The molecule has 0 aliphatic heterocycles. The average Bonchev–Trinajstić information content (AvgIpc) is 2.72. The van der Waals surface area contributed by atoms with Gasteiger partial charge in [-0.1, -0.05) is 6.92 Å². The molecule has 0 spiro atoms. The molecule has 1 heterocycles. The Bertz CT molecular complexity index is 343. The first-order valence-corrected chi connectivity index (χ1v) is 6.31. The molecular weight excluding hydrogens is 202 g/mol. The first-order chi connectivity index (χ1) is 7.27. The standard InChI is InChI=1S/C13H19NS/c1-4-6-7-10-14-11(3)13-9-8-12(5-2)15-13/h8-9,11,14H,5,7,10H2,1-3H3. The maximum atomic E-state index is 3.48. The zero-order valence-corrected chi connectivity index (χ0v) is 10.6. The predicted octanol–water partition coefficient (Wildman–Crippen LogP) is 3.37. The lowest BCUT2D eigenvalue weighted by Crippen LogP contribution is -2.18. The second-order valence-electron chi connectivity index (χ2n) is 3.51. The van der Waals surface area contributed by atoms with Gasteiger partial charge in [0.05, 0.1) is 0 Å². The lowest BCUT2D eigenvalue weighted by molar-refractivity contribution is 0.592. The Kier molecular flexibility index (Phi) is 5.45.